The largest absolute Gasteiger partial charge is 0.436 e. The third-order valence-corrected chi connectivity index (χ3v) is 5.34. The minimum atomic E-state index is 0.699. The second-order valence-electron chi connectivity index (χ2n) is 7.64. The Hall–Kier alpha value is -2.29. The van der Waals surface area contributed by atoms with Gasteiger partial charge in [0.25, 0.3) is 0 Å². The van der Waals surface area contributed by atoms with Crippen LogP contribution in [0.25, 0.3) is 22.6 Å². The van der Waals surface area contributed by atoms with Gasteiger partial charge in [0, 0.05) is 24.3 Å². The van der Waals surface area contributed by atoms with E-state index in [9.17, 15) is 0 Å². The summed E-state index contributed by atoms with van der Waals surface area (Å²) in [5, 5.41) is 0. The van der Waals surface area contributed by atoms with Crippen molar-refractivity contribution in [3.8, 4) is 11.5 Å². The molecule has 0 atom stereocenters. The maximum absolute atomic E-state index is 5.91. The Bertz CT molecular complexity index is 777. The van der Waals surface area contributed by atoms with Crippen LogP contribution in [0.3, 0.4) is 0 Å². The number of unbranched alkanes of at least 4 members (excludes halogenated alkanes) is 6. The van der Waals surface area contributed by atoms with Crippen LogP contribution in [0.1, 0.15) is 65.2 Å². The normalized spacial score (nSPS) is 11.2. The lowest BCUT2D eigenvalue weighted by atomic mass is 10.1. The monoisotopic (exact) mass is 378 g/mol. The van der Waals surface area contributed by atoms with E-state index >= 15 is 0 Å². The summed E-state index contributed by atoms with van der Waals surface area (Å²) in [6, 6.07) is 16.7. The van der Waals surface area contributed by atoms with Crippen LogP contribution in [0.15, 0.2) is 52.9 Å². The first-order valence-corrected chi connectivity index (χ1v) is 11.0. The number of anilines is 1. The van der Waals surface area contributed by atoms with E-state index in [1.807, 2.05) is 24.3 Å². The summed E-state index contributed by atoms with van der Waals surface area (Å²) in [5.74, 6) is 0.699. The van der Waals surface area contributed by atoms with E-state index in [0.29, 0.717) is 5.89 Å². The Morgan fingerprint density at radius 2 is 1.39 bits per heavy atom. The van der Waals surface area contributed by atoms with Gasteiger partial charge in [0.1, 0.15) is 5.52 Å². The Morgan fingerprint density at radius 1 is 0.750 bits per heavy atom. The molecule has 0 N–H and O–H groups in total. The average molecular weight is 379 g/mol. The second-order valence-corrected chi connectivity index (χ2v) is 7.64. The van der Waals surface area contributed by atoms with Crippen LogP contribution in [-0.4, -0.2) is 18.1 Å². The minimum absolute atomic E-state index is 0.699. The van der Waals surface area contributed by atoms with E-state index in [1.54, 1.807) is 0 Å². The molecule has 3 nitrogen and oxygen atoms in total. The molecular formula is C25H34N2O. The lowest BCUT2D eigenvalue weighted by Crippen LogP contribution is -2.25. The van der Waals surface area contributed by atoms with E-state index in [1.165, 1.54) is 57.1 Å². The number of benzene rings is 2. The van der Waals surface area contributed by atoms with Crippen molar-refractivity contribution in [1.82, 2.24) is 4.98 Å². The molecule has 1 heterocycles. The molecule has 0 spiro atoms. The number of nitrogens with zero attached hydrogens (tertiary/aromatic N) is 2. The van der Waals surface area contributed by atoms with Crippen LogP contribution in [0, 0.1) is 0 Å². The summed E-state index contributed by atoms with van der Waals surface area (Å²) < 4.78 is 5.91. The molecule has 0 aliphatic rings. The molecule has 0 fully saturated rings. The standard InChI is InChI=1S/C25H34N2O/c1-3-5-7-11-19-27(20-12-8-6-4-2)22-17-15-21(16-18-22)25-26-23-13-9-10-14-24(23)28-25/h9-10,13-18H,3-8,11-12,19-20H2,1-2H3. The van der Waals surface area contributed by atoms with Crippen molar-refractivity contribution >= 4 is 16.8 Å². The van der Waals surface area contributed by atoms with Gasteiger partial charge >= 0.3 is 0 Å². The third-order valence-electron chi connectivity index (χ3n) is 5.34. The van der Waals surface area contributed by atoms with Crippen LogP contribution in [0.5, 0.6) is 0 Å². The highest BCUT2D eigenvalue weighted by Gasteiger charge is 2.10. The number of hydrogen-bond donors (Lipinski definition) is 0. The molecule has 0 radical (unpaired) electrons. The van der Waals surface area contributed by atoms with Gasteiger partial charge in [-0.25, -0.2) is 4.98 Å². The fourth-order valence-corrected chi connectivity index (χ4v) is 3.64. The molecule has 150 valence electrons. The molecule has 0 bridgehead atoms. The molecule has 3 rings (SSSR count). The van der Waals surface area contributed by atoms with Gasteiger partial charge in [-0.15, -0.1) is 0 Å². The van der Waals surface area contributed by atoms with E-state index in [0.717, 1.165) is 29.8 Å². The van der Waals surface area contributed by atoms with Crippen molar-refractivity contribution in [2.75, 3.05) is 18.0 Å². The Kier molecular flexibility index (Phi) is 7.95. The van der Waals surface area contributed by atoms with Crippen molar-refractivity contribution in [2.45, 2.75) is 65.2 Å². The van der Waals surface area contributed by atoms with Gasteiger partial charge in [-0.2, -0.15) is 0 Å². The SMILES string of the molecule is CCCCCCN(CCCCCC)c1ccc(-c2nc3ccccc3o2)cc1. The quantitative estimate of drug-likeness (QED) is 0.306. The molecule has 1 aromatic heterocycles. The zero-order valence-electron chi connectivity index (χ0n) is 17.5. The highest BCUT2D eigenvalue weighted by Crippen LogP contribution is 2.26. The molecule has 0 saturated carbocycles. The number of oxazole rings is 1. The summed E-state index contributed by atoms with van der Waals surface area (Å²) in [4.78, 5) is 7.17. The molecule has 3 heteroatoms. The number of hydrogen-bond acceptors (Lipinski definition) is 3. The molecule has 0 unspecified atom stereocenters. The van der Waals surface area contributed by atoms with Crippen LogP contribution >= 0.6 is 0 Å². The van der Waals surface area contributed by atoms with Crippen LogP contribution < -0.4 is 4.90 Å². The summed E-state index contributed by atoms with van der Waals surface area (Å²) >= 11 is 0. The predicted molar refractivity (Wildman–Crippen MR) is 120 cm³/mol. The van der Waals surface area contributed by atoms with Gasteiger partial charge in [0.15, 0.2) is 5.58 Å². The summed E-state index contributed by atoms with van der Waals surface area (Å²) in [7, 11) is 0. The first-order valence-electron chi connectivity index (χ1n) is 11.0. The lowest BCUT2D eigenvalue weighted by molar-refractivity contribution is 0.608. The Labute approximate surface area is 169 Å². The number of fused-ring (bicyclic) bond motifs is 1. The zero-order chi connectivity index (χ0) is 19.6. The molecule has 2 aromatic carbocycles. The van der Waals surface area contributed by atoms with Gasteiger partial charge in [-0.05, 0) is 49.2 Å². The Morgan fingerprint density at radius 3 is 2.00 bits per heavy atom. The fourth-order valence-electron chi connectivity index (χ4n) is 3.64. The molecule has 0 saturated heterocycles. The van der Waals surface area contributed by atoms with Crippen molar-refractivity contribution in [1.29, 1.82) is 0 Å². The molecule has 0 aliphatic carbocycles. The maximum atomic E-state index is 5.91. The van der Waals surface area contributed by atoms with E-state index in [2.05, 4.69) is 48.0 Å². The first kappa shape index (κ1) is 20.4. The zero-order valence-corrected chi connectivity index (χ0v) is 17.5. The molecule has 0 amide bonds. The van der Waals surface area contributed by atoms with Crippen LogP contribution in [0.4, 0.5) is 5.69 Å². The lowest BCUT2D eigenvalue weighted by Gasteiger charge is -2.25. The van der Waals surface area contributed by atoms with Gasteiger partial charge in [-0.3, -0.25) is 0 Å². The number of aromatic nitrogens is 1. The molecule has 0 aliphatic heterocycles. The number of rotatable bonds is 12. The Balaban J connectivity index is 1.68. The van der Waals surface area contributed by atoms with Gasteiger partial charge < -0.3 is 9.32 Å². The van der Waals surface area contributed by atoms with E-state index in [-0.39, 0.29) is 0 Å². The van der Waals surface area contributed by atoms with Crippen molar-refractivity contribution < 1.29 is 4.42 Å². The van der Waals surface area contributed by atoms with Crippen molar-refractivity contribution in [3.63, 3.8) is 0 Å². The third kappa shape index (κ3) is 5.60. The first-order chi connectivity index (χ1) is 13.8. The van der Waals surface area contributed by atoms with Crippen molar-refractivity contribution in [2.24, 2.45) is 0 Å². The molecule has 3 aromatic rings. The molecule has 28 heavy (non-hydrogen) atoms. The van der Waals surface area contributed by atoms with Gasteiger partial charge in [-0.1, -0.05) is 64.5 Å². The van der Waals surface area contributed by atoms with Crippen LogP contribution in [-0.2, 0) is 0 Å². The fraction of sp³-hybridized carbons (Fsp3) is 0.480. The van der Waals surface area contributed by atoms with Gasteiger partial charge in [0.05, 0.1) is 0 Å². The summed E-state index contributed by atoms with van der Waals surface area (Å²) in [6.07, 6.45) is 10.4. The highest BCUT2D eigenvalue weighted by molar-refractivity contribution is 5.76. The van der Waals surface area contributed by atoms with Gasteiger partial charge in [0.2, 0.25) is 5.89 Å². The van der Waals surface area contributed by atoms with E-state index in [4.69, 9.17) is 4.42 Å². The van der Waals surface area contributed by atoms with Crippen molar-refractivity contribution in [3.05, 3.63) is 48.5 Å². The maximum Gasteiger partial charge on any atom is 0.227 e. The minimum Gasteiger partial charge on any atom is -0.436 e. The number of para-hydroxylation sites is 2. The summed E-state index contributed by atoms with van der Waals surface area (Å²) in [6.45, 7) is 6.84. The highest BCUT2D eigenvalue weighted by atomic mass is 16.3. The average Bonchev–Trinajstić information content (AvgIpc) is 3.17. The topological polar surface area (TPSA) is 29.3 Å². The summed E-state index contributed by atoms with van der Waals surface area (Å²) in [5.41, 5.74) is 4.11. The predicted octanol–water partition coefficient (Wildman–Crippen LogP) is 7.46. The van der Waals surface area contributed by atoms with E-state index < -0.39 is 0 Å². The molecular weight excluding hydrogens is 344 g/mol. The van der Waals surface area contributed by atoms with Crippen LogP contribution in [0.2, 0.25) is 0 Å². The smallest absolute Gasteiger partial charge is 0.227 e. The second kappa shape index (κ2) is 10.9.